The highest BCUT2D eigenvalue weighted by atomic mass is 16.5. The van der Waals surface area contributed by atoms with Gasteiger partial charge in [-0.25, -0.2) is 0 Å². The lowest BCUT2D eigenvalue weighted by atomic mass is 9.93. The molecule has 0 fully saturated rings. The van der Waals surface area contributed by atoms with E-state index in [1.165, 1.54) is 0 Å². The average Bonchev–Trinajstić information content (AvgIpc) is 3.41. The summed E-state index contributed by atoms with van der Waals surface area (Å²) in [7, 11) is 0. The zero-order chi connectivity index (χ0) is 20.5. The third kappa shape index (κ3) is 3.56. The molecule has 2 N–H and O–H groups in total. The molecule has 30 heavy (non-hydrogen) atoms. The number of furan rings is 1. The van der Waals surface area contributed by atoms with Gasteiger partial charge in [0.25, 0.3) is 11.8 Å². The van der Waals surface area contributed by atoms with E-state index < -0.39 is 6.10 Å². The molecule has 2 aliphatic rings. The Kier molecular flexibility index (Phi) is 4.75. The molecule has 2 unspecified atom stereocenters. The van der Waals surface area contributed by atoms with Crippen LogP contribution < -0.4 is 15.4 Å². The molecule has 5 rings (SSSR count). The number of ether oxygens (including phenoxy) is 1. The normalized spacial score (nSPS) is 19.3. The van der Waals surface area contributed by atoms with Gasteiger partial charge in [0.1, 0.15) is 11.5 Å². The molecule has 152 valence electrons. The van der Waals surface area contributed by atoms with Crippen LogP contribution in [-0.4, -0.2) is 17.9 Å². The van der Waals surface area contributed by atoms with Crippen molar-refractivity contribution in [1.29, 1.82) is 0 Å². The number of amides is 2. The maximum atomic E-state index is 12.8. The molecule has 0 radical (unpaired) electrons. The van der Waals surface area contributed by atoms with E-state index in [-0.39, 0.29) is 17.9 Å². The van der Waals surface area contributed by atoms with Gasteiger partial charge in [0, 0.05) is 29.7 Å². The fraction of sp³-hybridized carbons (Fsp3) is 0.250. The van der Waals surface area contributed by atoms with E-state index in [1.807, 2.05) is 30.3 Å². The molecule has 1 aliphatic carbocycles. The molecular formula is C24H22N2O4. The van der Waals surface area contributed by atoms with Crippen LogP contribution in [0.5, 0.6) is 5.75 Å². The molecule has 0 bridgehead atoms. The molecule has 2 heterocycles. The summed E-state index contributed by atoms with van der Waals surface area (Å²) in [4.78, 5) is 25.5. The van der Waals surface area contributed by atoms with Crippen LogP contribution in [0.1, 0.15) is 46.1 Å². The van der Waals surface area contributed by atoms with Gasteiger partial charge in [0.2, 0.25) is 0 Å². The van der Waals surface area contributed by atoms with Crippen molar-refractivity contribution >= 4 is 17.5 Å². The lowest BCUT2D eigenvalue weighted by Crippen LogP contribution is -2.32. The van der Waals surface area contributed by atoms with E-state index in [0.29, 0.717) is 17.7 Å². The number of hydrogen-bond donors (Lipinski definition) is 2. The first-order chi connectivity index (χ1) is 14.7. The first-order valence-electron chi connectivity index (χ1n) is 10.2. The molecule has 6 nitrogen and oxygen atoms in total. The summed E-state index contributed by atoms with van der Waals surface area (Å²) in [5.74, 6) is 1.30. The van der Waals surface area contributed by atoms with Gasteiger partial charge in [-0.2, -0.15) is 0 Å². The first kappa shape index (κ1) is 18.5. The topological polar surface area (TPSA) is 80.6 Å². The highest BCUT2D eigenvalue weighted by Crippen LogP contribution is 2.31. The van der Waals surface area contributed by atoms with E-state index in [9.17, 15) is 9.59 Å². The number of anilines is 1. The number of fused-ring (bicyclic) bond motifs is 2. The summed E-state index contributed by atoms with van der Waals surface area (Å²) < 4.78 is 11.2. The van der Waals surface area contributed by atoms with Crippen LogP contribution in [0, 0.1) is 0 Å². The van der Waals surface area contributed by atoms with Gasteiger partial charge in [-0.3, -0.25) is 9.59 Å². The van der Waals surface area contributed by atoms with Gasteiger partial charge >= 0.3 is 0 Å². The van der Waals surface area contributed by atoms with Gasteiger partial charge in [-0.1, -0.05) is 24.3 Å². The fourth-order valence-electron chi connectivity index (χ4n) is 4.17. The van der Waals surface area contributed by atoms with Gasteiger partial charge in [-0.05, 0) is 48.7 Å². The highest BCUT2D eigenvalue weighted by Gasteiger charge is 2.29. The predicted molar refractivity (Wildman–Crippen MR) is 111 cm³/mol. The second-order valence-electron chi connectivity index (χ2n) is 7.71. The highest BCUT2D eigenvalue weighted by molar-refractivity contribution is 5.98. The smallest absolute Gasteiger partial charge is 0.265 e. The maximum Gasteiger partial charge on any atom is 0.265 e. The second-order valence-corrected chi connectivity index (χ2v) is 7.71. The zero-order valence-electron chi connectivity index (χ0n) is 16.4. The minimum absolute atomic E-state index is 0.0522. The van der Waals surface area contributed by atoms with Crippen molar-refractivity contribution < 1.29 is 18.7 Å². The number of carbonyl (C=O) groups excluding carboxylic acids is 2. The zero-order valence-corrected chi connectivity index (χ0v) is 16.4. The molecule has 1 aliphatic heterocycles. The average molecular weight is 402 g/mol. The molecule has 2 amide bonds. The largest absolute Gasteiger partial charge is 0.480 e. The van der Waals surface area contributed by atoms with Crippen molar-refractivity contribution in [3.8, 4) is 5.75 Å². The van der Waals surface area contributed by atoms with E-state index in [4.69, 9.17) is 9.15 Å². The standard InChI is InChI=1S/C24H22N2O4/c27-23(26-19-8-4-10-21-18(19)11-12-29-21)16-6-3-7-17(13-16)25-24(28)22-14-15-5-1-2-9-20(15)30-22/h1-3,5-7,9,11-13,19,22H,4,8,10,14H2,(H,25,28)(H,26,27). The third-order valence-corrected chi connectivity index (χ3v) is 5.69. The summed E-state index contributed by atoms with van der Waals surface area (Å²) in [6.45, 7) is 0. The van der Waals surface area contributed by atoms with Crippen molar-refractivity contribution in [3.63, 3.8) is 0 Å². The van der Waals surface area contributed by atoms with Gasteiger partial charge in [0.05, 0.1) is 12.3 Å². The maximum absolute atomic E-state index is 12.8. The van der Waals surface area contributed by atoms with Crippen LogP contribution in [0.3, 0.4) is 0 Å². The lowest BCUT2D eigenvalue weighted by Gasteiger charge is -2.22. The Bertz CT molecular complexity index is 1080. The van der Waals surface area contributed by atoms with Crippen LogP contribution in [0.4, 0.5) is 5.69 Å². The molecule has 0 saturated carbocycles. The van der Waals surface area contributed by atoms with Gasteiger partial charge < -0.3 is 19.8 Å². The van der Waals surface area contributed by atoms with Gasteiger partial charge in [-0.15, -0.1) is 0 Å². The number of benzene rings is 2. The van der Waals surface area contributed by atoms with E-state index in [1.54, 1.807) is 30.5 Å². The Labute approximate surface area is 174 Å². The molecule has 1 aromatic heterocycles. The summed E-state index contributed by atoms with van der Waals surface area (Å²) >= 11 is 0. The van der Waals surface area contributed by atoms with Crippen molar-refractivity contribution in [2.75, 3.05) is 5.32 Å². The van der Waals surface area contributed by atoms with Crippen LogP contribution in [0.2, 0.25) is 0 Å². The Balaban J connectivity index is 1.25. The van der Waals surface area contributed by atoms with Crippen molar-refractivity contribution in [2.45, 2.75) is 37.8 Å². The minimum Gasteiger partial charge on any atom is -0.480 e. The summed E-state index contributed by atoms with van der Waals surface area (Å²) in [5, 5.41) is 5.96. The molecule has 2 aromatic carbocycles. The molecule has 0 saturated heterocycles. The number of nitrogens with one attached hydrogen (secondary N) is 2. The summed E-state index contributed by atoms with van der Waals surface area (Å²) in [5.41, 5.74) is 3.15. The monoisotopic (exact) mass is 402 g/mol. The van der Waals surface area contributed by atoms with E-state index >= 15 is 0 Å². The summed E-state index contributed by atoms with van der Waals surface area (Å²) in [6.07, 6.45) is 4.41. The lowest BCUT2D eigenvalue weighted by molar-refractivity contribution is -0.122. The Hall–Kier alpha value is -3.54. The minimum atomic E-state index is -0.568. The SMILES string of the molecule is O=C(NC1CCCc2occc21)c1cccc(NC(=O)C2Cc3ccccc3O2)c1. The van der Waals surface area contributed by atoms with Crippen molar-refractivity contribution in [2.24, 2.45) is 0 Å². The number of rotatable bonds is 4. The van der Waals surface area contributed by atoms with E-state index in [0.717, 1.165) is 41.9 Å². The van der Waals surface area contributed by atoms with Crippen molar-refractivity contribution in [3.05, 3.63) is 83.3 Å². The predicted octanol–water partition coefficient (Wildman–Crippen LogP) is 4.03. The van der Waals surface area contributed by atoms with Crippen LogP contribution in [0.25, 0.3) is 0 Å². The third-order valence-electron chi connectivity index (χ3n) is 5.69. The van der Waals surface area contributed by atoms with Crippen molar-refractivity contribution in [1.82, 2.24) is 5.32 Å². The summed E-state index contributed by atoms with van der Waals surface area (Å²) in [6, 6.07) is 16.5. The Morgan fingerprint density at radius 1 is 1.03 bits per heavy atom. The molecule has 6 heteroatoms. The van der Waals surface area contributed by atoms with E-state index in [2.05, 4.69) is 10.6 Å². The first-order valence-corrected chi connectivity index (χ1v) is 10.2. The fourth-order valence-corrected chi connectivity index (χ4v) is 4.17. The quantitative estimate of drug-likeness (QED) is 0.691. The Morgan fingerprint density at radius 3 is 2.83 bits per heavy atom. The molecule has 2 atom stereocenters. The van der Waals surface area contributed by atoms with Gasteiger partial charge in [0.15, 0.2) is 6.10 Å². The molecule has 3 aromatic rings. The number of hydrogen-bond acceptors (Lipinski definition) is 4. The molecular weight excluding hydrogens is 380 g/mol. The number of aryl methyl sites for hydroxylation is 1. The Morgan fingerprint density at radius 2 is 1.93 bits per heavy atom. The number of para-hydroxylation sites is 1. The van der Waals surface area contributed by atoms with Crippen LogP contribution in [0.15, 0.2) is 65.3 Å². The van der Waals surface area contributed by atoms with Crippen LogP contribution in [-0.2, 0) is 17.6 Å². The second kappa shape index (κ2) is 7.71. The number of carbonyl (C=O) groups is 2. The molecule has 0 spiro atoms. The van der Waals surface area contributed by atoms with Crippen LogP contribution >= 0.6 is 0 Å².